The van der Waals surface area contributed by atoms with Crippen molar-refractivity contribution in [3.63, 3.8) is 0 Å². The Labute approximate surface area is 267 Å². The average molecular weight is 631 g/mol. The van der Waals surface area contributed by atoms with Gasteiger partial charge in [0.25, 0.3) is 0 Å². The Morgan fingerprint density at radius 2 is 1.78 bits per heavy atom. The fourth-order valence-electron chi connectivity index (χ4n) is 10.1. The third-order valence-corrected chi connectivity index (χ3v) is 13.3. The molecule has 1 saturated heterocycles. The Morgan fingerprint density at radius 3 is 2.42 bits per heavy atom. The number of allylic oxidation sites excluding steroid dienone is 4. The number of aliphatic hydroxyl groups is 4. The smallest absolute Gasteiger partial charge is 0.330 e. The highest BCUT2D eigenvalue weighted by Gasteiger charge is 2.67. The van der Waals surface area contributed by atoms with Crippen LogP contribution in [0.1, 0.15) is 93.4 Å². The van der Waals surface area contributed by atoms with Gasteiger partial charge in [0, 0.05) is 28.2 Å². The van der Waals surface area contributed by atoms with Crippen LogP contribution in [0.25, 0.3) is 0 Å². The van der Waals surface area contributed by atoms with E-state index in [9.17, 15) is 35.1 Å². The molecule has 9 nitrogen and oxygen atoms in total. The first-order chi connectivity index (χ1) is 20.9. The summed E-state index contributed by atoms with van der Waals surface area (Å²) in [6.45, 7) is 14.3. The van der Waals surface area contributed by atoms with E-state index in [4.69, 9.17) is 9.47 Å². The van der Waals surface area contributed by atoms with E-state index in [1.165, 1.54) is 11.1 Å². The molecule has 12 atom stereocenters. The van der Waals surface area contributed by atoms with Crippen LogP contribution in [-0.2, 0) is 19.1 Å². The van der Waals surface area contributed by atoms with Gasteiger partial charge in [-0.25, -0.2) is 4.79 Å². The van der Waals surface area contributed by atoms with Crippen LogP contribution in [0, 0.1) is 39.4 Å². The van der Waals surface area contributed by atoms with E-state index >= 15 is 0 Å². The molecule has 0 spiro atoms. The van der Waals surface area contributed by atoms with Crippen LogP contribution in [0.5, 0.6) is 0 Å². The molecule has 0 radical (unpaired) electrons. The third-order valence-electron chi connectivity index (χ3n) is 13.3. The normalized spacial score (nSPS) is 45.1. The number of carbonyl (C=O) groups is 2. The molecule has 0 amide bonds. The monoisotopic (exact) mass is 630 g/mol. The standard InChI is InChI=1S/C36H54O9/c1-19(9-8-10-20(2)31(42)43)21-13-16-35(6)22-11-12-25-33(3,4)26(38)14-15-34(25,5)23(22)17-27(36(21,35)7)45-32-30(41)29(40)28(39)24(18-37)44-32/h10-11,17,19,21,24-25,27-30,32,37,39-41H,8-9,12-16,18H2,1-7H3,(H,42,43)/b20-10-/t19-,21-,24-,25+,27-,28-,29+,30-,32+,34-,35+,36+/m1/s1. The highest BCUT2D eigenvalue weighted by molar-refractivity contribution is 5.86. The zero-order chi connectivity index (χ0) is 33.3. The van der Waals surface area contributed by atoms with Crippen LogP contribution < -0.4 is 0 Å². The summed E-state index contributed by atoms with van der Waals surface area (Å²) in [6.07, 6.45) is 4.31. The van der Waals surface area contributed by atoms with E-state index < -0.39 is 60.2 Å². The predicted molar refractivity (Wildman–Crippen MR) is 168 cm³/mol. The minimum atomic E-state index is -1.55. The maximum Gasteiger partial charge on any atom is 0.330 e. The van der Waals surface area contributed by atoms with E-state index in [1.807, 2.05) is 0 Å². The predicted octanol–water partition coefficient (Wildman–Crippen LogP) is 4.32. The summed E-state index contributed by atoms with van der Waals surface area (Å²) in [5, 5.41) is 51.3. The lowest BCUT2D eigenvalue weighted by Crippen LogP contribution is -2.62. The number of fused-ring (bicyclic) bond motifs is 5. The number of carboxylic acids is 1. The van der Waals surface area contributed by atoms with Crippen LogP contribution in [0.2, 0.25) is 0 Å². The SMILES string of the molecule is C/C(=C/CC[C@@H](C)[C@H]1CC[C@@]2(C)C3=CC[C@H]4C(C)(C)C(=O)CC[C@]4(C)C3=C[C@@H](O[C@@H]3O[C@H](CO)[C@@H](O)[C@H](O)[C@H]3O)[C@]12C)C(=O)O. The molecule has 5 rings (SSSR count). The van der Waals surface area contributed by atoms with Crippen molar-refractivity contribution in [2.75, 3.05) is 6.61 Å². The van der Waals surface area contributed by atoms with Gasteiger partial charge < -0.3 is 35.0 Å². The Bertz CT molecular complexity index is 1280. The average Bonchev–Trinajstić information content (AvgIpc) is 3.27. The zero-order valence-corrected chi connectivity index (χ0v) is 28.0. The largest absolute Gasteiger partial charge is 0.478 e. The summed E-state index contributed by atoms with van der Waals surface area (Å²) in [6, 6.07) is 0. The number of aliphatic hydroxyl groups excluding tert-OH is 4. The van der Waals surface area contributed by atoms with Crippen LogP contribution in [0.15, 0.2) is 34.9 Å². The van der Waals surface area contributed by atoms with Crippen molar-refractivity contribution in [1.29, 1.82) is 0 Å². The Balaban J connectivity index is 1.58. The van der Waals surface area contributed by atoms with Gasteiger partial charge in [-0.15, -0.1) is 0 Å². The number of rotatable bonds is 8. The lowest BCUT2D eigenvalue weighted by Gasteiger charge is -2.61. The zero-order valence-electron chi connectivity index (χ0n) is 28.0. The summed E-state index contributed by atoms with van der Waals surface area (Å²) < 4.78 is 12.7. The van der Waals surface area contributed by atoms with E-state index in [1.54, 1.807) is 13.0 Å². The van der Waals surface area contributed by atoms with Gasteiger partial charge in [0.05, 0.1) is 12.7 Å². The number of ketones is 1. The van der Waals surface area contributed by atoms with Gasteiger partial charge in [-0.2, -0.15) is 0 Å². The molecule has 5 aliphatic rings. The van der Waals surface area contributed by atoms with E-state index in [0.717, 1.165) is 32.1 Å². The summed E-state index contributed by atoms with van der Waals surface area (Å²) in [7, 11) is 0. The first-order valence-corrected chi connectivity index (χ1v) is 16.8. The third kappa shape index (κ3) is 5.21. The maximum atomic E-state index is 13.1. The quantitative estimate of drug-likeness (QED) is 0.247. The second-order valence-corrected chi connectivity index (χ2v) is 15.8. The fourth-order valence-corrected chi connectivity index (χ4v) is 10.1. The van der Waals surface area contributed by atoms with Crippen molar-refractivity contribution >= 4 is 11.8 Å². The number of carboxylic acid groups (broad SMARTS) is 1. The maximum absolute atomic E-state index is 13.1. The second-order valence-electron chi connectivity index (χ2n) is 15.8. The van der Waals surface area contributed by atoms with Crippen molar-refractivity contribution in [3.8, 4) is 0 Å². The molecule has 0 aromatic carbocycles. The molecule has 5 N–H and O–H groups in total. The van der Waals surface area contributed by atoms with Gasteiger partial charge in [-0.3, -0.25) is 4.79 Å². The molecule has 0 bridgehead atoms. The Kier molecular flexibility index (Phi) is 9.17. The van der Waals surface area contributed by atoms with Gasteiger partial charge in [0.15, 0.2) is 6.29 Å². The summed E-state index contributed by atoms with van der Waals surface area (Å²) in [5.74, 6) is -0.0775. The number of hydrogen-bond acceptors (Lipinski definition) is 8. The molecule has 0 aromatic heterocycles. The second kappa shape index (κ2) is 12.0. The Morgan fingerprint density at radius 1 is 1.09 bits per heavy atom. The molecule has 9 heteroatoms. The van der Waals surface area contributed by atoms with Gasteiger partial charge in [-0.1, -0.05) is 59.8 Å². The number of carbonyl (C=O) groups excluding carboxylic acids is 1. The number of aliphatic carboxylic acids is 1. The van der Waals surface area contributed by atoms with E-state index in [-0.39, 0.29) is 28.6 Å². The first-order valence-electron chi connectivity index (χ1n) is 16.8. The molecule has 1 heterocycles. The van der Waals surface area contributed by atoms with Crippen LogP contribution in [0.3, 0.4) is 0 Å². The van der Waals surface area contributed by atoms with Crippen LogP contribution in [0.4, 0.5) is 0 Å². The lowest BCUT2D eigenvalue weighted by atomic mass is 9.43. The van der Waals surface area contributed by atoms with Crippen molar-refractivity contribution in [2.45, 2.75) is 130 Å². The number of hydrogen-bond donors (Lipinski definition) is 5. The van der Waals surface area contributed by atoms with Crippen molar-refractivity contribution in [2.24, 2.45) is 39.4 Å². The van der Waals surface area contributed by atoms with Crippen molar-refractivity contribution in [1.82, 2.24) is 0 Å². The lowest BCUT2D eigenvalue weighted by molar-refractivity contribution is -0.319. The molecule has 2 saturated carbocycles. The number of ether oxygens (including phenoxy) is 2. The van der Waals surface area contributed by atoms with Gasteiger partial charge in [-0.05, 0) is 79.8 Å². The molecule has 45 heavy (non-hydrogen) atoms. The molecule has 1 aliphatic heterocycles. The molecule has 3 fully saturated rings. The minimum Gasteiger partial charge on any atom is -0.478 e. The van der Waals surface area contributed by atoms with Gasteiger partial charge in [0.1, 0.15) is 30.2 Å². The van der Waals surface area contributed by atoms with Crippen LogP contribution >= 0.6 is 0 Å². The van der Waals surface area contributed by atoms with Gasteiger partial charge >= 0.3 is 5.97 Å². The highest BCUT2D eigenvalue weighted by Crippen LogP contribution is 2.72. The van der Waals surface area contributed by atoms with E-state index in [0.29, 0.717) is 24.2 Å². The summed E-state index contributed by atoms with van der Waals surface area (Å²) in [5.41, 5.74) is 1.35. The van der Waals surface area contributed by atoms with E-state index in [2.05, 4.69) is 53.7 Å². The molecule has 252 valence electrons. The Hall–Kier alpha value is -1.88. The minimum absolute atomic E-state index is 0.127. The summed E-state index contributed by atoms with van der Waals surface area (Å²) in [4.78, 5) is 24.5. The highest BCUT2D eigenvalue weighted by atomic mass is 16.7. The van der Waals surface area contributed by atoms with Crippen LogP contribution in [-0.4, -0.2) is 80.7 Å². The topological polar surface area (TPSA) is 154 Å². The molecular weight excluding hydrogens is 576 g/mol. The molecule has 4 aliphatic carbocycles. The molecule has 0 aromatic rings. The van der Waals surface area contributed by atoms with Gasteiger partial charge in [0.2, 0.25) is 0 Å². The molecule has 0 unspecified atom stereocenters. The first kappa shape index (κ1) is 34.5. The molecular formula is C36H54O9. The summed E-state index contributed by atoms with van der Waals surface area (Å²) >= 11 is 0. The van der Waals surface area contributed by atoms with Crippen molar-refractivity contribution < 1.29 is 44.6 Å². The fraction of sp³-hybridized carbons (Fsp3) is 0.778. The van der Waals surface area contributed by atoms with Crippen molar-refractivity contribution in [3.05, 3.63) is 34.9 Å². The number of Topliss-reactive ketones (excluding diaryl/α,β-unsaturated/α-hetero) is 1.